The van der Waals surface area contributed by atoms with E-state index in [1.807, 2.05) is 31.1 Å². The van der Waals surface area contributed by atoms with Gasteiger partial charge in [-0.15, -0.1) is 0 Å². The van der Waals surface area contributed by atoms with Crippen molar-refractivity contribution in [2.45, 2.75) is 6.42 Å². The molecule has 0 bridgehead atoms. The van der Waals surface area contributed by atoms with Crippen LogP contribution in [0.15, 0.2) is 18.2 Å². The van der Waals surface area contributed by atoms with Gasteiger partial charge in [0.2, 0.25) is 0 Å². The van der Waals surface area contributed by atoms with Crippen LogP contribution in [-0.2, 0) is 0 Å². The highest BCUT2D eigenvalue weighted by molar-refractivity contribution is 6.35. The summed E-state index contributed by atoms with van der Waals surface area (Å²) in [4.78, 5) is 18.3. The zero-order valence-electron chi connectivity index (χ0n) is 13.7. The van der Waals surface area contributed by atoms with Gasteiger partial charge in [-0.1, -0.05) is 23.2 Å². The standard InChI is InChI=1S/C16H24Cl2N4O/c1-20(2)7-3-6-19-16(23)22-10-8-21(9-11-22)15-12-13(17)4-5-14(15)18/h4-5,12H,3,6-11H2,1-2H3,(H,19,23). The molecule has 2 amide bonds. The molecule has 1 aliphatic rings. The van der Waals surface area contributed by atoms with Crippen LogP contribution in [0.5, 0.6) is 0 Å². The van der Waals surface area contributed by atoms with Crippen LogP contribution in [0.1, 0.15) is 6.42 Å². The van der Waals surface area contributed by atoms with E-state index in [0.717, 1.165) is 31.7 Å². The van der Waals surface area contributed by atoms with Gasteiger partial charge in [0.1, 0.15) is 0 Å². The molecule has 1 saturated heterocycles. The fourth-order valence-corrected chi connectivity index (χ4v) is 2.98. The van der Waals surface area contributed by atoms with Crippen molar-refractivity contribution in [3.63, 3.8) is 0 Å². The van der Waals surface area contributed by atoms with Crippen LogP contribution in [0, 0.1) is 0 Å². The molecule has 0 saturated carbocycles. The van der Waals surface area contributed by atoms with Gasteiger partial charge < -0.3 is 20.0 Å². The molecule has 1 aromatic carbocycles. The first-order chi connectivity index (χ1) is 11.0. The highest BCUT2D eigenvalue weighted by Crippen LogP contribution is 2.29. The van der Waals surface area contributed by atoms with E-state index < -0.39 is 0 Å². The van der Waals surface area contributed by atoms with Gasteiger partial charge >= 0.3 is 6.03 Å². The molecule has 5 nitrogen and oxygen atoms in total. The average Bonchev–Trinajstić information content (AvgIpc) is 2.53. The quantitative estimate of drug-likeness (QED) is 0.822. The molecule has 0 atom stereocenters. The number of hydrogen-bond acceptors (Lipinski definition) is 3. The second-order valence-electron chi connectivity index (χ2n) is 5.96. The third-order valence-corrected chi connectivity index (χ3v) is 4.43. The molecule has 1 N–H and O–H groups in total. The van der Waals surface area contributed by atoms with Gasteiger partial charge in [-0.05, 0) is 45.3 Å². The van der Waals surface area contributed by atoms with Crippen molar-refractivity contribution in [3.8, 4) is 0 Å². The number of rotatable bonds is 5. The molecule has 0 unspecified atom stereocenters. The van der Waals surface area contributed by atoms with Crippen LogP contribution in [0.2, 0.25) is 10.0 Å². The normalized spacial score (nSPS) is 15.2. The molecule has 0 aromatic heterocycles. The summed E-state index contributed by atoms with van der Waals surface area (Å²) < 4.78 is 0. The van der Waals surface area contributed by atoms with Crippen LogP contribution in [-0.4, -0.2) is 69.2 Å². The molecule has 0 aliphatic carbocycles. The largest absolute Gasteiger partial charge is 0.367 e. The van der Waals surface area contributed by atoms with Gasteiger partial charge in [0.25, 0.3) is 0 Å². The van der Waals surface area contributed by atoms with E-state index in [1.165, 1.54) is 0 Å². The van der Waals surface area contributed by atoms with Gasteiger partial charge in [0, 0.05) is 37.7 Å². The van der Waals surface area contributed by atoms with Crippen molar-refractivity contribution in [3.05, 3.63) is 28.2 Å². The van der Waals surface area contributed by atoms with E-state index >= 15 is 0 Å². The van der Waals surface area contributed by atoms with Crippen LogP contribution in [0.4, 0.5) is 10.5 Å². The summed E-state index contributed by atoms with van der Waals surface area (Å²) in [7, 11) is 4.06. The van der Waals surface area contributed by atoms with Crippen molar-refractivity contribution in [2.75, 3.05) is 58.3 Å². The van der Waals surface area contributed by atoms with Crippen LogP contribution in [0.25, 0.3) is 0 Å². The van der Waals surface area contributed by atoms with Gasteiger partial charge in [0.05, 0.1) is 10.7 Å². The second kappa shape index (κ2) is 8.62. The Balaban J connectivity index is 1.79. The van der Waals surface area contributed by atoms with Gasteiger partial charge in [-0.2, -0.15) is 0 Å². The Morgan fingerprint density at radius 2 is 1.91 bits per heavy atom. The zero-order chi connectivity index (χ0) is 16.8. The molecule has 1 heterocycles. The first-order valence-corrected chi connectivity index (χ1v) is 8.60. The van der Waals surface area contributed by atoms with E-state index in [4.69, 9.17) is 23.2 Å². The predicted molar refractivity (Wildman–Crippen MR) is 96.8 cm³/mol. The monoisotopic (exact) mass is 358 g/mol. The predicted octanol–water partition coefficient (Wildman–Crippen LogP) is 2.78. The minimum absolute atomic E-state index is 0.0144. The molecule has 7 heteroatoms. The molecule has 128 valence electrons. The maximum Gasteiger partial charge on any atom is 0.317 e. The number of piperazine rings is 1. The van der Waals surface area contributed by atoms with Crippen LogP contribution < -0.4 is 10.2 Å². The number of nitrogens with one attached hydrogen (secondary N) is 1. The number of benzene rings is 1. The van der Waals surface area contributed by atoms with E-state index in [9.17, 15) is 4.79 Å². The minimum Gasteiger partial charge on any atom is -0.367 e. The highest BCUT2D eigenvalue weighted by atomic mass is 35.5. The Morgan fingerprint density at radius 1 is 1.22 bits per heavy atom. The summed E-state index contributed by atoms with van der Waals surface area (Å²) in [5, 5.41) is 4.34. The Bertz CT molecular complexity index is 531. The fraction of sp³-hybridized carbons (Fsp3) is 0.562. The first kappa shape index (κ1) is 18.2. The Hall–Kier alpha value is -1.17. The summed E-state index contributed by atoms with van der Waals surface area (Å²) in [5.74, 6) is 0. The maximum absolute atomic E-state index is 12.1. The number of hydrogen-bond donors (Lipinski definition) is 1. The van der Waals surface area contributed by atoms with Crippen molar-refractivity contribution < 1.29 is 4.79 Å². The van der Waals surface area contributed by atoms with Gasteiger partial charge in [-0.3, -0.25) is 0 Å². The summed E-state index contributed by atoms with van der Waals surface area (Å²) in [6.45, 7) is 4.56. The van der Waals surface area contributed by atoms with E-state index in [1.54, 1.807) is 6.07 Å². The summed E-state index contributed by atoms with van der Waals surface area (Å²) in [6.07, 6.45) is 0.955. The molecular formula is C16H24Cl2N4O. The molecule has 0 spiro atoms. The van der Waals surface area contributed by atoms with Crippen molar-refractivity contribution >= 4 is 34.9 Å². The Kier molecular flexibility index (Phi) is 6.81. The highest BCUT2D eigenvalue weighted by Gasteiger charge is 2.22. The third kappa shape index (κ3) is 5.44. The Morgan fingerprint density at radius 3 is 2.57 bits per heavy atom. The van der Waals surface area contributed by atoms with Crippen molar-refractivity contribution in [1.29, 1.82) is 0 Å². The van der Waals surface area contributed by atoms with Gasteiger partial charge in [0.15, 0.2) is 0 Å². The van der Waals surface area contributed by atoms with E-state index in [-0.39, 0.29) is 6.03 Å². The molecule has 0 radical (unpaired) electrons. The SMILES string of the molecule is CN(C)CCCNC(=O)N1CCN(c2cc(Cl)ccc2Cl)CC1. The van der Waals surface area contributed by atoms with Crippen LogP contribution >= 0.6 is 23.2 Å². The lowest BCUT2D eigenvalue weighted by Gasteiger charge is -2.36. The topological polar surface area (TPSA) is 38.8 Å². The lowest BCUT2D eigenvalue weighted by atomic mass is 10.2. The number of halogens is 2. The number of urea groups is 1. The van der Waals surface area contributed by atoms with Crippen molar-refractivity contribution in [1.82, 2.24) is 15.1 Å². The average molecular weight is 359 g/mol. The third-order valence-electron chi connectivity index (χ3n) is 3.87. The molecule has 23 heavy (non-hydrogen) atoms. The fourth-order valence-electron chi connectivity index (χ4n) is 2.58. The number of carbonyl (C=O) groups excluding carboxylic acids is 1. The summed E-state index contributed by atoms with van der Waals surface area (Å²) in [5.41, 5.74) is 0.935. The molecule has 1 aliphatic heterocycles. The number of anilines is 1. The second-order valence-corrected chi connectivity index (χ2v) is 6.80. The number of carbonyl (C=O) groups is 1. The summed E-state index contributed by atoms with van der Waals surface area (Å²) >= 11 is 12.3. The minimum atomic E-state index is 0.0144. The first-order valence-electron chi connectivity index (χ1n) is 7.85. The molecule has 2 rings (SSSR count). The lowest BCUT2D eigenvalue weighted by Crippen LogP contribution is -2.52. The van der Waals surface area contributed by atoms with E-state index in [2.05, 4.69) is 15.1 Å². The zero-order valence-corrected chi connectivity index (χ0v) is 15.2. The van der Waals surface area contributed by atoms with Crippen LogP contribution in [0.3, 0.4) is 0 Å². The summed E-state index contributed by atoms with van der Waals surface area (Å²) in [6, 6.07) is 5.48. The molecule has 1 aromatic rings. The number of nitrogens with zero attached hydrogens (tertiary/aromatic N) is 3. The lowest BCUT2D eigenvalue weighted by molar-refractivity contribution is 0.194. The smallest absolute Gasteiger partial charge is 0.317 e. The van der Waals surface area contributed by atoms with E-state index in [0.29, 0.717) is 29.7 Å². The maximum atomic E-state index is 12.1. The molecule has 1 fully saturated rings. The Labute approximate surface area is 148 Å². The van der Waals surface area contributed by atoms with Crippen molar-refractivity contribution in [2.24, 2.45) is 0 Å². The molecular weight excluding hydrogens is 335 g/mol. The number of amides is 2. The van der Waals surface area contributed by atoms with Gasteiger partial charge in [-0.25, -0.2) is 4.79 Å².